The predicted molar refractivity (Wildman–Crippen MR) is 246 cm³/mol. The summed E-state index contributed by atoms with van der Waals surface area (Å²) in [5.74, 6) is -3.02. The van der Waals surface area contributed by atoms with Gasteiger partial charge in [0.2, 0.25) is 0 Å². The van der Waals surface area contributed by atoms with Crippen LogP contribution in [0, 0.1) is 17.8 Å². The molecule has 3 aliphatic heterocycles. The van der Waals surface area contributed by atoms with Crippen molar-refractivity contribution in [3.8, 4) is 0 Å². The molecule has 3 fully saturated rings. The monoisotopic (exact) mass is 945 g/mol. The Labute approximate surface area is 391 Å². The largest absolute Gasteiger partial charge is 0.459 e. The zero-order chi connectivity index (χ0) is 48.8. The highest BCUT2D eigenvalue weighted by molar-refractivity contribution is 6.33. The number of nitrogens with zero attached hydrogens (tertiary/aromatic N) is 1. The number of halogens is 1. The minimum absolute atomic E-state index is 0.0381. The molecule has 0 spiro atoms. The van der Waals surface area contributed by atoms with E-state index in [0.29, 0.717) is 23.8 Å². The number of likely N-dealkylation sites (N-methyl/N-ethyl adjacent to an activating group) is 1. The third kappa shape index (κ3) is 12.7. The molecular formula is C47H81ClN4O13. The molecule has 65 heavy (non-hydrogen) atoms. The Balaban J connectivity index is 1.79. The van der Waals surface area contributed by atoms with E-state index in [4.69, 9.17) is 40.0 Å². The Morgan fingerprint density at radius 3 is 2.28 bits per heavy atom. The number of aliphatic hydroxyl groups is 5. The van der Waals surface area contributed by atoms with Crippen LogP contribution in [0.1, 0.15) is 108 Å². The number of nitrogens with one attached hydrogen (secondary N) is 3. The molecule has 1 aromatic carbocycles. The van der Waals surface area contributed by atoms with Gasteiger partial charge in [0.05, 0.1) is 52.7 Å². The summed E-state index contributed by atoms with van der Waals surface area (Å²) < 4.78 is 38.5. The molecular weight excluding hydrogens is 864 g/mol. The first-order valence-corrected chi connectivity index (χ1v) is 23.8. The van der Waals surface area contributed by atoms with E-state index in [1.807, 2.05) is 13.8 Å². The maximum atomic E-state index is 14.5. The van der Waals surface area contributed by atoms with E-state index in [1.54, 1.807) is 86.7 Å². The number of urea groups is 1. The van der Waals surface area contributed by atoms with E-state index in [-0.39, 0.29) is 38.1 Å². The van der Waals surface area contributed by atoms with Crippen LogP contribution in [0.3, 0.4) is 0 Å². The van der Waals surface area contributed by atoms with Gasteiger partial charge >= 0.3 is 12.0 Å². The van der Waals surface area contributed by atoms with Gasteiger partial charge in [0, 0.05) is 39.1 Å². The maximum Gasteiger partial charge on any atom is 0.321 e. The number of methoxy groups -OCH3 is 1. The average molecular weight is 946 g/mol. The van der Waals surface area contributed by atoms with Crippen molar-refractivity contribution in [3.63, 3.8) is 0 Å². The highest BCUT2D eigenvalue weighted by Crippen LogP contribution is 2.43. The van der Waals surface area contributed by atoms with Crippen LogP contribution in [0.5, 0.6) is 0 Å². The van der Waals surface area contributed by atoms with Gasteiger partial charge in [-0.3, -0.25) is 4.79 Å². The van der Waals surface area contributed by atoms with Gasteiger partial charge in [0.25, 0.3) is 0 Å². The highest BCUT2D eigenvalue weighted by atomic mass is 35.5. The lowest BCUT2D eigenvalue weighted by Gasteiger charge is -2.53. The molecule has 3 aliphatic rings. The number of ether oxygens (including phenoxy) is 6. The molecule has 3 heterocycles. The van der Waals surface area contributed by atoms with Crippen LogP contribution in [0.15, 0.2) is 24.3 Å². The summed E-state index contributed by atoms with van der Waals surface area (Å²) in [4.78, 5) is 29.5. The number of anilines is 1. The number of carbonyl (C=O) groups is 2. The number of hydrogen-bond acceptors (Lipinski definition) is 15. The zero-order valence-corrected chi connectivity index (χ0v) is 41.6. The van der Waals surface area contributed by atoms with E-state index in [2.05, 4.69) is 16.0 Å². The van der Waals surface area contributed by atoms with E-state index >= 15 is 0 Å². The number of cyclic esters (lactones) is 1. The average Bonchev–Trinajstić information content (AvgIpc) is 3.24. The fourth-order valence-corrected chi connectivity index (χ4v) is 10.2. The summed E-state index contributed by atoms with van der Waals surface area (Å²) in [7, 11) is 3.07. The second-order valence-electron chi connectivity index (χ2n) is 19.8. The Morgan fingerprint density at radius 2 is 1.66 bits per heavy atom. The second-order valence-corrected chi connectivity index (χ2v) is 20.2. The van der Waals surface area contributed by atoms with Gasteiger partial charge in [-0.2, -0.15) is 0 Å². The molecule has 18 heteroatoms. The van der Waals surface area contributed by atoms with Crippen molar-refractivity contribution in [2.45, 2.75) is 198 Å². The van der Waals surface area contributed by atoms with E-state index in [1.165, 1.54) is 18.9 Å². The molecule has 1 aromatic rings. The van der Waals surface area contributed by atoms with Crippen LogP contribution >= 0.6 is 11.6 Å². The topological polar surface area (TPSA) is 230 Å². The first kappa shape index (κ1) is 55.4. The molecule has 8 N–H and O–H groups in total. The van der Waals surface area contributed by atoms with Crippen molar-refractivity contribution in [1.82, 2.24) is 15.5 Å². The Morgan fingerprint density at radius 1 is 1.00 bits per heavy atom. The number of esters is 1. The molecule has 0 aromatic heterocycles. The molecule has 18 atom stereocenters. The minimum Gasteiger partial charge on any atom is -0.459 e. The number of hydrogen-bond donors (Lipinski definition) is 8. The van der Waals surface area contributed by atoms with Crippen LogP contribution in [-0.2, 0) is 33.2 Å². The fraction of sp³-hybridized carbons (Fsp3) is 0.830. The fourth-order valence-electron chi connectivity index (χ4n) is 9.99. The Hall–Kier alpha value is -2.23. The van der Waals surface area contributed by atoms with Gasteiger partial charge in [-0.1, -0.05) is 51.4 Å². The third-order valence-corrected chi connectivity index (χ3v) is 14.6. The maximum absolute atomic E-state index is 14.5. The van der Waals surface area contributed by atoms with Crippen molar-refractivity contribution in [3.05, 3.63) is 29.3 Å². The molecule has 0 bridgehead atoms. The van der Waals surface area contributed by atoms with Gasteiger partial charge in [-0.15, -0.1) is 0 Å². The second kappa shape index (κ2) is 22.9. The van der Waals surface area contributed by atoms with E-state index in [0.717, 1.165) is 6.42 Å². The Kier molecular flexibility index (Phi) is 19.5. The van der Waals surface area contributed by atoms with Gasteiger partial charge < -0.3 is 74.8 Å². The molecule has 0 radical (unpaired) electrons. The molecule has 0 saturated carbocycles. The van der Waals surface area contributed by atoms with Crippen molar-refractivity contribution in [2.75, 3.05) is 39.1 Å². The number of carbonyl (C=O) groups excluding carboxylic acids is 2. The molecule has 0 aliphatic carbocycles. The lowest BCUT2D eigenvalue weighted by atomic mass is 9.75. The molecule has 2 amide bonds. The van der Waals surface area contributed by atoms with Crippen LogP contribution in [0.4, 0.5) is 10.5 Å². The standard InChI is InChI=1S/C47H81ClN4O13/c1-14-20-49-25-47(59)31(8)62-36(23-45(47,10)60-13)64-38-28(5)40(65-42-37(53)34(21-27(4)61-42)52(12)43(56)51-33-19-17-16-18-32(33)48)44(9,57)22-26(3)24-50-30(7)39(54)46(11,58)35(15-2)63-41(55)29(38)6/h16-19,26-31,34-40,42,49-50,53-54,57-59H,14-15,20-25H2,1-13H3,(H,51,56)/t26-,27-,28-,29-,30-,31+,34+,35-,36+,37+,38-,39-,40-,42+,44-,45-,46-,47+/m1/s1. The lowest BCUT2D eigenvalue weighted by Crippen LogP contribution is -2.70. The van der Waals surface area contributed by atoms with E-state index < -0.39 is 114 Å². The number of rotatable bonds is 12. The van der Waals surface area contributed by atoms with Gasteiger partial charge in [-0.05, 0) is 105 Å². The first-order chi connectivity index (χ1) is 30.3. The molecule has 4 rings (SSSR count). The number of benzene rings is 1. The molecule has 0 unspecified atom stereocenters. The molecule has 374 valence electrons. The van der Waals surface area contributed by atoms with Crippen molar-refractivity contribution in [1.29, 1.82) is 0 Å². The van der Waals surface area contributed by atoms with Crippen LogP contribution in [0.25, 0.3) is 0 Å². The Bertz CT molecular complexity index is 1700. The summed E-state index contributed by atoms with van der Waals surface area (Å²) in [6.45, 7) is 20.3. The zero-order valence-electron chi connectivity index (χ0n) is 40.9. The lowest BCUT2D eigenvalue weighted by molar-refractivity contribution is -0.336. The number of aliphatic hydroxyl groups excluding tert-OH is 2. The highest BCUT2D eigenvalue weighted by Gasteiger charge is 2.58. The minimum atomic E-state index is -1.86. The summed E-state index contributed by atoms with van der Waals surface area (Å²) in [5, 5.41) is 69.8. The smallest absolute Gasteiger partial charge is 0.321 e. The molecule has 3 saturated heterocycles. The molecule has 17 nitrogen and oxygen atoms in total. The third-order valence-electron chi connectivity index (χ3n) is 14.3. The van der Waals surface area contributed by atoms with Crippen molar-refractivity contribution >= 4 is 29.3 Å². The summed E-state index contributed by atoms with van der Waals surface area (Å²) in [6, 6.07) is 4.83. The summed E-state index contributed by atoms with van der Waals surface area (Å²) >= 11 is 6.34. The van der Waals surface area contributed by atoms with Crippen LogP contribution < -0.4 is 16.0 Å². The predicted octanol–water partition coefficient (Wildman–Crippen LogP) is 4.18. The van der Waals surface area contributed by atoms with Crippen LogP contribution in [-0.4, -0.2) is 166 Å². The summed E-state index contributed by atoms with van der Waals surface area (Å²) in [5.41, 5.74) is -5.85. The quantitative estimate of drug-likeness (QED) is 0.109. The number of amides is 2. The summed E-state index contributed by atoms with van der Waals surface area (Å²) in [6.07, 6.45) is -8.60. The van der Waals surface area contributed by atoms with Gasteiger partial charge in [0.1, 0.15) is 35.1 Å². The number of para-hydroxylation sites is 1. The van der Waals surface area contributed by atoms with Gasteiger partial charge in [0.15, 0.2) is 12.6 Å². The van der Waals surface area contributed by atoms with Crippen LogP contribution in [0.2, 0.25) is 5.02 Å². The van der Waals surface area contributed by atoms with Crippen molar-refractivity contribution < 1.29 is 63.5 Å². The normalized spacial score (nSPS) is 42.6. The SMILES string of the molecule is CCCNC[C@]1(O)[C@H](C)O[C@@H](O[C@@H]2[C@@H](C)[C@@H](O[C@@H]3O[C@H](C)C[C@H](N(C)C(=O)Nc4ccccc4Cl)[C@@H]3O)[C@](C)(O)C[C@@H](C)CN[C@H](C)[C@@H](O)[C@](C)(O)[C@@H](CC)OC(=O)[C@@H]2C)C[C@@]1(C)OC. The van der Waals surface area contributed by atoms with Crippen molar-refractivity contribution in [2.24, 2.45) is 17.8 Å². The first-order valence-electron chi connectivity index (χ1n) is 23.4. The van der Waals surface area contributed by atoms with E-state index in [9.17, 15) is 35.1 Å². The van der Waals surface area contributed by atoms with Gasteiger partial charge in [-0.25, -0.2) is 4.79 Å².